The Hall–Kier alpha value is -0.950. The zero-order valence-electron chi connectivity index (χ0n) is 12.0. The predicted octanol–water partition coefficient (Wildman–Crippen LogP) is 5.11. The fourth-order valence-electron chi connectivity index (χ4n) is 2.22. The summed E-state index contributed by atoms with van der Waals surface area (Å²) >= 11 is 6.34. The molecule has 0 amide bonds. The van der Waals surface area contributed by atoms with E-state index in [2.05, 4.69) is 39.0 Å². The number of hydrogen-bond donors (Lipinski definition) is 0. The number of hydrogen-bond acceptors (Lipinski definition) is 1. The van der Waals surface area contributed by atoms with Crippen LogP contribution in [-0.2, 0) is 6.42 Å². The minimum absolute atomic E-state index is 0.492. The average molecular weight is 267 g/mol. The number of rotatable bonds is 5. The second kappa shape index (κ2) is 6.84. The Morgan fingerprint density at radius 3 is 2.61 bits per heavy atom. The van der Waals surface area contributed by atoms with Crippen molar-refractivity contribution in [2.24, 2.45) is 5.92 Å². The molecule has 0 radical (unpaired) electrons. The molecule has 18 heavy (non-hydrogen) atoms. The van der Waals surface area contributed by atoms with E-state index in [1.807, 2.05) is 13.8 Å². The summed E-state index contributed by atoms with van der Waals surface area (Å²) in [5.74, 6) is 1.47. The third-order valence-electron chi connectivity index (χ3n) is 3.12. The maximum Gasteiger partial charge on any atom is 0.123 e. The van der Waals surface area contributed by atoms with Crippen LogP contribution in [0.1, 0.15) is 37.5 Å². The largest absolute Gasteiger partial charge is 0.494 e. The van der Waals surface area contributed by atoms with E-state index in [0.29, 0.717) is 12.5 Å². The van der Waals surface area contributed by atoms with Crippen molar-refractivity contribution in [2.45, 2.75) is 41.0 Å². The molecule has 1 aromatic rings. The number of aryl methyl sites for hydroxylation is 1. The normalized spacial score (nSPS) is 13.0. The molecule has 100 valence electrons. The summed E-state index contributed by atoms with van der Waals surface area (Å²) in [5, 5.41) is 0.862. The topological polar surface area (TPSA) is 9.23 Å². The average Bonchev–Trinajstić information content (AvgIpc) is 2.32. The Bertz CT molecular complexity index is 435. The second-order valence-electron chi connectivity index (χ2n) is 4.75. The first-order valence-electron chi connectivity index (χ1n) is 6.55. The summed E-state index contributed by atoms with van der Waals surface area (Å²) in [5.41, 5.74) is 3.47. The zero-order chi connectivity index (χ0) is 13.7. The molecule has 1 atom stereocenters. The van der Waals surface area contributed by atoms with E-state index in [1.165, 1.54) is 5.56 Å². The van der Waals surface area contributed by atoms with Gasteiger partial charge in [0.1, 0.15) is 5.75 Å². The lowest BCUT2D eigenvalue weighted by Gasteiger charge is -2.18. The van der Waals surface area contributed by atoms with Crippen LogP contribution in [0.15, 0.2) is 18.2 Å². The predicted molar refractivity (Wildman–Crippen MR) is 79.8 cm³/mol. The molecular weight excluding hydrogens is 244 g/mol. The van der Waals surface area contributed by atoms with E-state index < -0.39 is 0 Å². The summed E-state index contributed by atoms with van der Waals surface area (Å²) in [7, 11) is 0. The first-order valence-corrected chi connectivity index (χ1v) is 6.93. The molecule has 2 heteroatoms. The van der Waals surface area contributed by atoms with E-state index in [1.54, 1.807) is 0 Å². The SMILES string of the molecule is C/C=C\C(C)Cc1c(OCC)cc(C)c(Cl)c1C. The van der Waals surface area contributed by atoms with Crippen molar-refractivity contribution in [3.8, 4) is 5.75 Å². The first-order chi connectivity index (χ1) is 8.51. The van der Waals surface area contributed by atoms with Crippen LogP contribution in [0.5, 0.6) is 5.75 Å². The molecule has 0 aliphatic carbocycles. The van der Waals surface area contributed by atoms with Gasteiger partial charge in [-0.15, -0.1) is 0 Å². The molecule has 0 aromatic heterocycles. The van der Waals surface area contributed by atoms with Crippen LogP contribution >= 0.6 is 11.6 Å². The minimum Gasteiger partial charge on any atom is -0.494 e. The third kappa shape index (κ3) is 3.52. The van der Waals surface area contributed by atoms with Crippen molar-refractivity contribution >= 4 is 11.6 Å². The maximum absolute atomic E-state index is 6.34. The molecule has 0 aliphatic rings. The molecule has 1 unspecified atom stereocenters. The molecule has 1 aromatic carbocycles. The van der Waals surface area contributed by atoms with Crippen LogP contribution in [-0.4, -0.2) is 6.61 Å². The van der Waals surface area contributed by atoms with Gasteiger partial charge in [-0.3, -0.25) is 0 Å². The van der Waals surface area contributed by atoms with Gasteiger partial charge in [0.25, 0.3) is 0 Å². The summed E-state index contributed by atoms with van der Waals surface area (Å²) in [6, 6.07) is 2.05. The zero-order valence-corrected chi connectivity index (χ0v) is 12.8. The van der Waals surface area contributed by atoms with Gasteiger partial charge in [-0.25, -0.2) is 0 Å². The molecule has 0 spiro atoms. The van der Waals surface area contributed by atoms with Gasteiger partial charge < -0.3 is 4.74 Å². The van der Waals surface area contributed by atoms with Crippen LogP contribution in [0.25, 0.3) is 0 Å². The monoisotopic (exact) mass is 266 g/mol. The van der Waals surface area contributed by atoms with Gasteiger partial charge in [0.05, 0.1) is 6.61 Å². The molecule has 1 rings (SSSR count). The molecule has 0 bridgehead atoms. The van der Waals surface area contributed by atoms with Crippen molar-refractivity contribution in [1.82, 2.24) is 0 Å². The fraction of sp³-hybridized carbons (Fsp3) is 0.500. The van der Waals surface area contributed by atoms with Gasteiger partial charge in [0.15, 0.2) is 0 Å². The molecule has 1 nitrogen and oxygen atoms in total. The summed E-state index contributed by atoms with van der Waals surface area (Å²) < 4.78 is 5.75. The van der Waals surface area contributed by atoms with Crippen LogP contribution < -0.4 is 4.74 Å². The van der Waals surface area contributed by atoms with Crippen molar-refractivity contribution in [2.75, 3.05) is 6.61 Å². The Balaban J connectivity index is 3.17. The Kier molecular flexibility index (Phi) is 5.74. The van der Waals surface area contributed by atoms with Gasteiger partial charge in [-0.05, 0) is 62.8 Å². The van der Waals surface area contributed by atoms with E-state index >= 15 is 0 Å². The number of benzene rings is 1. The van der Waals surface area contributed by atoms with Crippen LogP contribution in [0.4, 0.5) is 0 Å². The highest BCUT2D eigenvalue weighted by molar-refractivity contribution is 6.32. The van der Waals surface area contributed by atoms with E-state index in [0.717, 1.165) is 28.3 Å². The van der Waals surface area contributed by atoms with Crippen molar-refractivity contribution in [3.63, 3.8) is 0 Å². The Morgan fingerprint density at radius 1 is 1.39 bits per heavy atom. The summed E-state index contributed by atoms with van der Waals surface area (Å²) in [6.45, 7) is 11.1. The van der Waals surface area contributed by atoms with Crippen molar-refractivity contribution in [1.29, 1.82) is 0 Å². The lowest BCUT2D eigenvalue weighted by molar-refractivity contribution is 0.335. The quantitative estimate of drug-likeness (QED) is 0.673. The minimum atomic E-state index is 0.492. The lowest BCUT2D eigenvalue weighted by Crippen LogP contribution is -2.05. The van der Waals surface area contributed by atoms with E-state index in [9.17, 15) is 0 Å². The van der Waals surface area contributed by atoms with Gasteiger partial charge >= 0.3 is 0 Å². The molecule has 0 fully saturated rings. The summed E-state index contributed by atoms with van der Waals surface area (Å²) in [4.78, 5) is 0. The molecule has 0 saturated carbocycles. The number of ether oxygens (including phenoxy) is 1. The lowest BCUT2D eigenvalue weighted by atomic mass is 9.94. The van der Waals surface area contributed by atoms with E-state index in [-0.39, 0.29) is 0 Å². The van der Waals surface area contributed by atoms with Crippen LogP contribution in [0.3, 0.4) is 0 Å². The van der Waals surface area contributed by atoms with Gasteiger partial charge in [-0.2, -0.15) is 0 Å². The van der Waals surface area contributed by atoms with Gasteiger partial charge in [-0.1, -0.05) is 30.7 Å². The van der Waals surface area contributed by atoms with Crippen molar-refractivity contribution in [3.05, 3.63) is 39.9 Å². The second-order valence-corrected chi connectivity index (χ2v) is 5.13. The first kappa shape index (κ1) is 15.1. The molecule has 0 saturated heterocycles. The standard InChI is InChI=1S/C16H23ClO/c1-6-8-11(3)9-14-13(5)16(17)12(4)10-15(14)18-7-2/h6,8,10-11H,7,9H2,1-5H3/b8-6-. The third-order valence-corrected chi connectivity index (χ3v) is 3.70. The Morgan fingerprint density at radius 2 is 2.06 bits per heavy atom. The highest BCUT2D eigenvalue weighted by Crippen LogP contribution is 2.33. The molecule has 0 aliphatic heterocycles. The number of allylic oxidation sites excluding steroid dienone is 2. The van der Waals surface area contributed by atoms with Crippen molar-refractivity contribution < 1.29 is 4.74 Å². The summed E-state index contributed by atoms with van der Waals surface area (Å²) in [6.07, 6.45) is 5.27. The molecule has 0 N–H and O–H groups in total. The maximum atomic E-state index is 6.34. The highest BCUT2D eigenvalue weighted by atomic mass is 35.5. The molecular formula is C16H23ClO. The van der Waals surface area contributed by atoms with Crippen LogP contribution in [0.2, 0.25) is 5.02 Å². The molecule has 0 heterocycles. The van der Waals surface area contributed by atoms with Gasteiger partial charge in [0, 0.05) is 5.02 Å². The Labute approximate surface area is 116 Å². The van der Waals surface area contributed by atoms with Crippen LogP contribution in [0, 0.1) is 19.8 Å². The van der Waals surface area contributed by atoms with E-state index in [4.69, 9.17) is 16.3 Å². The van der Waals surface area contributed by atoms with Gasteiger partial charge in [0.2, 0.25) is 0 Å². The fourth-order valence-corrected chi connectivity index (χ4v) is 2.39. The smallest absolute Gasteiger partial charge is 0.123 e. The number of halogens is 1. The highest BCUT2D eigenvalue weighted by Gasteiger charge is 2.14.